The second-order valence-corrected chi connectivity index (χ2v) is 9.84. The molecule has 5 rings (SSSR count). The second-order valence-electron chi connectivity index (χ2n) is 8.26. The minimum absolute atomic E-state index is 0.0718. The molecule has 0 radical (unpaired) electrons. The van der Waals surface area contributed by atoms with E-state index in [-0.39, 0.29) is 30.1 Å². The van der Waals surface area contributed by atoms with Gasteiger partial charge in [-0.3, -0.25) is 0 Å². The molecule has 0 bridgehead atoms. The van der Waals surface area contributed by atoms with Crippen LogP contribution < -0.4 is 0 Å². The molecule has 1 saturated heterocycles. The third-order valence-electron chi connectivity index (χ3n) is 5.83. The first-order valence-corrected chi connectivity index (χ1v) is 12.3. The molecular formula is C24H23ClFIN2O3. The van der Waals surface area contributed by atoms with Gasteiger partial charge in [0.25, 0.3) is 0 Å². The summed E-state index contributed by atoms with van der Waals surface area (Å²) in [5, 5.41) is 0.966. The number of nitrogens with zero attached hydrogens (tertiary/aromatic N) is 2. The molecule has 2 fully saturated rings. The van der Waals surface area contributed by atoms with E-state index in [9.17, 15) is 4.39 Å². The van der Waals surface area contributed by atoms with Crippen molar-refractivity contribution in [3.05, 3.63) is 68.4 Å². The topological polar surface area (TPSA) is 53.5 Å². The SMILES string of the molecule is Fc1ccc(C(COC2CCCCO2)(OC2CC2)c2nc(Cl)nc3ccc(I)cc23)cc1. The fourth-order valence-electron chi connectivity index (χ4n) is 4.07. The Hall–Kier alpha value is -1.39. The van der Waals surface area contributed by atoms with Gasteiger partial charge in [-0.05, 0) is 102 Å². The molecule has 0 spiro atoms. The van der Waals surface area contributed by atoms with Gasteiger partial charge in [0.05, 0.1) is 23.9 Å². The van der Waals surface area contributed by atoms with Crippen molar-refractivity contribution in [2.75, 3.05) is 13.2 Å². The van der Waals surface area contributed by atoms with E-state index >= 15 is 0 Å². The van der Waals surface area contributed by atoms with Crippen LogP contribution in [0, 0.1) is 9.39 Å². The van der Waals surface area contributed by atoms with Gasteiger partial charge < -0.3 is 14.2 Å². The zero-order chi connectivity index (χ0) is 22.1. The summed E-state index contributed by atoms with van der Waals surface area (Å²) in [6, 6.07) is 12.3. The number of hydrogen-bond acceptors (Lipinski definition) is 5. The Morgan fingerprint density at radius 2 is 1.91 bits per heavy atom. The largest absolute Gasteiger partial charge is 0.358 e. The molecule has 1 aromatic heterocycles. The van der Waals surface area contributed by atoms with Crippen molar-refractivity contribution in [1.29, 1.82) is 0 Å². The lowest BCUT2D eigenvalue weighted by Crippen LogP contribution is -2.41. The maximum Gasteiger partial charge on any atom is 0.223 e. The molecule has 1 aliphatic heterocycles. The molecular weight excluding hydrogens is 546 g/mol. The summed E-state index contributed by atoms with van der Waals surface area (Å²) in [7, 11) is 0. The summed E-state index contributed by atoms with van der Waals surface area (Å²) in [5.74, 6) is -0.314. The van der Waals surface area contributed by atoms with Crippen LogP contribution in [0.25, 0.3) is 10.9 Å². The first-order valence-electron chi connectivity index (χ1n) is 10.8. The Kier molecular flexibility index (Phi) is 6.63. The van der Waals surface area contributed by atoms with Gasteiger partial charge in [-0.1, -0.05) is 12.1 Å². The minimum Gasteiger partial charge on any atom is -0.358 e. The van der Waals surface area contributed by atoms with Crippen molar-refractivity contribution in [1.82, 2.24) is 9.97 Å². The number of halogens is 3. The molecule has 2 aromatic carbocycles. The Labute approximate surface area is 204 Å². The van der Waals surface area contributed by atoms with Gasteiger partial charge >= 0.3 is 0 Å². The van der Waals surface area contributed by atoms with Crippen molar-refractivity contribution in [3.8, 4) is 0 Å². The Morgan fingerprint density at radius 1 is 1.09 bits per heavy atom. The Balaban J connectivity index is 1.68. The standard InChI is InChI=1S/C24H23ClFIN2O3/c25-23-28-20-11-8-17(27)13-19(20)22(29-23)24(32-18-9-10-18,15-4-6-16(26)7-5-15)14-31-21-3-1-2-12-30-21/h4-8,11,13,18,21H,1-3,9-10,12,14H2. The highest BCUT2D eigenvalue weighted by atomic mass is 127. The highest BCUT2D eigenvalue weighted by Gasteiger charge is 2.45. The second kappa shape index (κ2) is 9.46. The molecule has 2 heterocycles. The van der Waals surface area contributed by atoms with Crippen LogP contribution in [0.5, 0.6) is 0 Å². The van der Waals surface area contributed by atoms with Crippen LogP contribution in [-0.4, -0.2) is 35.6 Å². The fourth-order valence-corrected chi connectivity index (χ4v) is 4.74. The van der Waals surface area contributed by atoms with Gasteiger partial charge in [-0.25, -0.2) is 14.4 Å². The van der Waals surface area contributed by atoms with Gasteiger partial charge in [0.1, 0.15) is 5.82 Å². The molecule has 2 atom stereocenters. The third-order valence-corrected chi connectivity index (χ3v) is 6.67. The number of ether oxygens (including phenoxy) is 3. The predicted octanol–water partition coefficient (Wildman–Crippen LogP) is 5.99. The highest BCUT2D eigenvalue weighted by Crippen LogP contribution is 2.43. The number of fused-ring (bicyclic) bond motifs is 1. The first-order chi connectivity index (χ1) is 15.5. The van der Waals surface area contributed by atoms with Crippen LogP contribution in [-0.2, 0) is 19.8 Å². The maximum atomic E-state index is 13.9. The molecule has 8 heteroatoms. The van der Waals surface area contributed by atoms with Crippen LogP contribution in [0.1, 0.15) is 43.4 Å². The first kappa shape index (κ1) is 22.4. The molecule has 5 nitrogen and oxygen atoms in total. The van der Waals surface area contributed by atoms with Gasteiger partial charge in [0, 0.05) is 15.6 Å². The summed E-state index contributed by atoms with van der Waals surface area (Å²) >= 11 is 8.64. The summed E-state index contributed by atoms with van der Waals surface area (Å²) < 4.78 is 33.7. The van der Waals surface area contributed by atoms with Crippen molar-refractivity contribution in [2.45, 2.75) is 50.1 Å². The molecule has 32 heavy (non-hydrogen) atoms. The number of hydrogen-bond donors (Lipinski definition) is 0. The van der Waals surface area contributed by atoms with Gasteiger partial charge in [-0.2, -0.15) is 0 Å². The molecule has 1 aliphatic carbocycles. The smallest absolute Gasteiger partial charge is 0.223 e. The molecule has 168 valence electrons. The summed E-state index contributed by atoms with van der Waals surface area (Å²) in [6.07, 6.45) is 4.59. The molecule has 0 amide bonds. The highest BCUT2D eigenvalue weighted by molar-refractivity contribution is 14.1. The zero-order valence-electron chi connectivity index (χ0n) is 17.4. The zero-order valence-corrected chi connectivity index (χ0v) is 20.3. The van der Waals surface area contributed by atoms with E-state index in [1.807, 2.05) is 18.2 Å². The van der Waals surface area contributed by atoms with E-state index in [1.165, 1.54) is 12.1 Å². The molecule has 0 N–H and O–H groups in total. The molecule has 3 aromatic rings. The third kappa shape index (κ3) is 4.77. The summed E-state index contributed by atoms with van der Waals surface area (Å²) in [4.78, 5) is 9.08. The predicted molar refractivity (Wildman–Crippen MR) is 128 cm³/mol. The van der Waals surface area contributed by atoms with E-state index in [0.717, 1.165) is 52.1 Å². The van der Waals surface area contributed by atoms with E-state index in [1.54, 1.807) is 12.1 Å². The van der Waals surface area contributed by atoms with Crippen molar-refractivity contribution in [2.24, 2.45) is 0 Å². The molecule has 1 saturated carbocycles. The summed E-state index contributed by atoms with van der Waals surface area (Å²) in [5.41, 5.74) is 1.03. The van der Waals surface area contributed by atoms with E-state index in [4.69, 9.17) is 25.8 Å². The van der Waals surface area contributed by atoms with Crippen LogP contribution >= 0.6 is 34.2 Å². The lowest BCUT2D eigenvalue weighted by Gasteiger charge is -2.36. The average Bonchev–Trinajstić information content (AvgIpc) is 3.62. The van der Waals surface area contributed by atoms with E-state index < -0.39 is 5.60 Å². The normalized spacial score (nSPS) is 20.9. The van der Waals surface area contributed by atoms with Gasteiger partial charge in [0.15, 0.2) is 11.9 Å². The van der Waals surface area contributed by atoms with Crippen LogP contribution in [0.3, 0.4) is 0 Å². The number of aromatic nitrogens is 2. The van der Waals surface area contributed by atoms with Crippen molar-refractivity contribution < 1.29 is 18.6 Å². The van der Waals surface area contributed by atoms with E-state index in [0.29, 0.717) is 12.3 Å². The molecule has 2 unspecified atom stereocenters. The lowest BCUT2D eigenvalue weighted by atomic mass is 9.88. The Bertz CT molecular complexity index is 1110. The summed E-state index contributed by atoms with van der Waals surface area (Å²) in [6.45, 7) is 0.853. The quantitative estimate of drug-likeness (QED) is 0.259. The maximum absolute atomic E-state index is 13.9. The number of benzene rings is 2. The Morgan fingerprint density at radius 3 is 2.62 bits per heavy atom. The van der Waals surface area contributed by atoms with Crippen LogP contribution in [0.4, 0.5) is 4.39 Å². The fraction of sp³-hybridized carbons (Fsp3) is 0.417. The number of rotatable bonds is 7. The van der Waals surface area contributed by atoms with Gasteiger partial charge in [0.2, 0.25) is 5.28 Å². The average molecular weight is 569 g/mol. The van der Waals surface area contributed by atoms with Crippen molar-refractivity contribution in [3.63, 3.8) is 0 Å². The van der Waals surface area contributed by atoms with E-state index in [2.05, 4.69) is 32.6 Å². The minimum atomic E-state index is -1.08. The van der Waals surface area contributed by atoms with Crippen LogP contribution in [0.2, 0.25) is 5.28 Å². The monoisotopic (exact) mass is 568 g/mol. The van der Waals surface area contributed by atoms with Crippen molar-refractivity contribution >= 4 is 45.1 Å². The van der Waals surface area contributed by atoms with Gasteiger partial charge in [-0.15, -0.1) is 0 Å². The van der Waals surface area contributed by atoms with Crippen LogP contribution in [0.15, 0.2) is 42.5 Å². The lowest BCUT2D eigenvalue weighted by molar-refractivity contribution is -0.197. The molecule has 2 aliphatic rings.